The number of hydrogen-bond acceptors (Lipinski definition) is 3. The van der Waals surface area contributed by atoms with Gasteiger partial charge in [-0.1, -0.05) is 29.8 Å². The predicted molar refractivity (Wildman–Crippen MR) is 73.1 cm³/mol. The lowest BCUT2D eigenvalue weighted by atomic mass is 10.1. The topological polar surface area (TPSA) is 53.2 Å². The molecule has 0 heterocycles. The second-order valence-electron chi connectivity index (χ2n) is 4.02. The molecule has 1 N–H and O–H groups in total. The first-order chi connectivity index (χ1) is 9.19. The highest BCUT2D eigenvalue weighted by Crippen LogP contribution is 2.19. The lowest BCUT2D eigenvalue weighted by Gasteiger charge is -2.12. The van der Waals surface area contributed by atoms with Crippen LogP contribution >= 0.6 is 11.6 Å². The summed E-state index contributed by atoms with van der Waals surface area (Å²) in [7, 11) is 0. The van der Waals surface area contributed by atoms with E-state index in [2.05, 4.69) is 0 Å². The third-order valence-corrected chi connectivity index (χ3v) is 2.88. The molecule has 1 atom stereocenters. The maximum absolute atomic E-state index is 9.97. The number of nitriles is 1. The summed E-state index contributed by atoms with van der Waals surface area (Å²) in [5.41, 5.74) is 1.26. The van der Waals surface area contributed by atoms with Crippen LogP contribution in [-0.4, -0.2) is 11.7 Å². The molecule has 0 bridgehead atoms. The first-order valence-corrected chi connectivity index (χ1v) is 6.13. The van der Waals surface area contributed by atoms with Gasteiger partial charge in [0.2, 0.25) is 0 Å². The maximum Gasteiger partial charge on any atom is 0.120 e. The first-order valence-electron chi connectivity index (χ1n) is 5.75. The molecule has 0 spiro atoms. The van der Waals surface area contributed by atoms with Gasteiger partial charge < -0.3 is 9.84 Å². The molecule has 0 aliphatic carbocycles. The van der Waals surface area contributed by atoms with E-state index in [1.165, 1.54) is 0 Å². The van der Waals surface area contributed by atoms with Crippen LogP contribution in [0.1, 0.15) is 17.2 Å². The normalized spacial score (nSPS) is 11.6. The number of aliphatic hydroxyl groups is 1. The molecule has 2 aromatic carbocycles. The molecular weight excluding hydrogens is 262 g/mol. The molecule has 0 aliphatic heterocycles. The molecule has 0 saturated heterocycles. The Balaban J connectivity index is 1.98. The zero-order chi connectivity index (χ0) is 13.7. The van der Waals surface area contributed by atoms with Crippen LogP contribution in [0.4, 0.5) is 0 Å². The number of hydrogen-bond donors (Lipinski definition) is 1. The average Bonchev–Trinajstić information content (AvgIpc) is 2.46. The molecule has 4 heteroatoms. The van der Waals surface area contributed by atoms with Crippen LogP contribution in [0.2, 0.25) is 5.02 Å². The molecule has 19 heavy (non-hydrogen) atoms. The Morgan fingerprint density at radius 3 is 2.63 bits per heavy atom. The molecule has 1 unspecified atom stereocenters. The van der Waals surface area contributed by atoms with Gasteiger partial charge in [-0.3, -0.25) is 0 Å². The van der Waals surface area contributed by atoms with Gasteiger partial charge in [0.1, 0.15) is 18.5 Å². The van der Waals surface area contributed by atoms with Gasteiger partial charge in [0.05, 0.1) is 11.6 Å². The molecule has 96 valence electrons. The lowest BCUT2D eigenvalue weighted by molar-refractivity contribution is 0.108. The number of ether oxygens (including phenoxy) is 1. The van der Waals surface area contributed by atoms with Crippen molar-refractivity contribution in [3.8, 4) is 11.8 Å². The van der Waals surface area contributed by atoms with E-state index in [9.17, 15) is 5.11 Å². The van der Waals surface area contributed by atoms with Crippen LogP contribution in [0, 0.1) is 11.3 Å². The average molecular weight is 274 g/mol. The smallest absolute Gasteiger partial charge is 0.120 e. The van der Waals surface area contributed by atoms with Gasteiger partial charge in [-0.25, -0.2) is 0 Å². The summed E-state index contributed by atoms with van der Waals surface area (Å²) in [6, 6.07) is 15.8. The van der Waals surface area contributed by atoms with Crippen molar-refractivity contribution in [2.24, 2.45) is 0 Å². The summed E-state index contributed by atoms with van der Waals surface area (Å²) < 4.78 is 5.46. The maximum atomic E-state index is 9.97. The summed E-state index contributed by atoms with van der Waals surface area (Å²) in [4.78, 5) is 0. The second kappa shape index (κ2) is 6.24. The van der Waals surface area contributed by atoms with E-state index in [1.807, 2.05) is 6.07 Å². The Hall–Kier alpha value is -2.02. The van der Waals surface area contributed by atoms with Gasteiger partial charge in [-0.15, -0.1) is 0 Å². The Bertz CT molecular complexity index is 590. The lowest BCUT2D eigenvalue weighted by Crippen LogP contribution is -2.09. The fourth-order valence-electron chi connectivity index (χ4n) is 1.61. The molecule has 2 rings (SSSR count). The summed E-state index contributed by atoms with van der Waals surface area (Å²) in [6.45, 7) is 0.122. The van der Waals surface area contributed by atoms with Gasteiger partial charge in [0, 0.05) is 5.02 Å². The molecule has 0 amide bonds. The van der Waals surface area contributed by atoms with Gasteiger partial charge >= 0.3 is 0 Å². The largest absolute Gasteiger partial charge is 0.490 e. The van der Waals surface area contributed by atoms with Crippen LogP contribution in [0.25, 0.3) is 0 Å². The van der Waals surface area contributed by atoms with Crippen molar-refractivity contribution >= 4 is 11.6 Å². The van der Waals surface area contributed by atoms with Crippen molar-refractivity contribution in [1.29, 1.82) is 5.26 Å². The first kappa shape index (κ1) is 13.4. The highest BCUT2D eigenvalue weighted by Gasteiger charge is 2.08. The molecule has 0 aromatic heterocycles. The molecule has 0 saturated carbocycles. The predicted octanol–water partition coefficient (Wildman–Crippen LogP) is 3.32. The molecule has 2 aromatic rings. The molecular formula is C15H12ClNO2. The van der Waals surface area contributed by atoms with Gasteiger partial charge in [0.15, 0.2) is 0 Å². The fourth-order valence-corrected chi connectivity index (χ4v) is 1.74. The highest BCUT2D eigenvalue weighted by atomic mass is 35.5. The highest BCUT2D eigenvalue weighted by molar-refractivity contribution is 6.30. The Morgan fingerprint density at radius 1 is 1.21 bits per heavy atom. The monoisotopic (exact) mass is 273 g/mol. The Morgan fingerprint density at radius 2 is 1.95 bits per heavy atom. The summed E-state index contributed by atoms with van der Waals surface area (Å²) in [5.74, 6) is 0.562. The van der Waals surface area contributed by atoms with Crippen LogP contribution < -0.4 is 4.74 Å². The van der Waals surface area contributed by atoms with E-state index in [0.717, 1.165) is 5.56 Å². The van der Waals surface area contributed by atoms with Gasteiger partial charge in [0.25, 0.3) is 0 Å². The zero-order valence-corrected chi connectivity index (χ0v) is 10.8. The number of benzene rings is 2. The molecule has 0 radical (unpaired) electrons. The Labute approximate surface area is 116 Å². The fraction of sp³-hybridized carbons (Fsp3) is 0.133. The van der Waals surface area contributed by atoms with Crippen molar-refractivity contribution in [3.05, 3.63) is 64.7 Å². The molecule has 0 fully saturated rings. The van der Waals surface area contributed by atoms with Gasteiger partial charge in [-0.2, -0.15) is 5.26 Å². The van der Waals surface area contributed by atoms with Crippen LogP contribution in [0.15, 0.2) is 48.5 Å². The molecule has 3 nitrogen and oxygen atoms in total. The van der Waals surface area contributed by atoms with Crippen molar-refractivity contribution in [2.75, 3.05) is 6.61 Å². The van der Waals surface area contributed by atoms with Crippen LogP contribution in [0.5, 0.6) is 5.75 Å². The third-order valence-electron chi connectivity index (χ3n) is 2.63. The van der Waals surface area contributed by atoms with E-state index in [4.69, 9.17) is 21.6 Å². The number of halogens is 1. The van der Waals surface area contributed by atoms with Crippen LogP contribution in [-0.2, 0) is 0 Å². The molecule has 0 aliphatic rings. The van der Waals surface area contributed by atoms with Crippen molar-refractivity contribution in [3.63, 3.8) is 0 Å². The zero-order valence-electron chi connectivity index (χ0n) is 10.1. The van der Waals surface area contributed by atoms with E-state index in [1.54, 1.807) is 48.5 Å². The SMILES string of the molecule is N#Cc1cccc(OCC(O)c2ccc(Cl)cc2)c1. The van der Waals surface area contributed by atoms with E-state index in [0.29, 0.717) is 16.3 Å². The quantitative estimate of drug-likeness (QED) is 0.930. The minimum Gasteiger partial charge on any atom is -0.490 e. The van der Waals surface area contributed by atoms with E-state index >= 15 is 0 Å². The van der Waals surface area contributed by atoms with Crippen molar-refractivity contribution in [1.82, 2.24) is 0 Å². The number of aliphatic hydroxyl groups excluding tert-OH is 1. The summed E-state index contributed by atoms with van der Waals surface area (Å²) in [6.07, 6.45) is -0.733. The van der Waals surface area contributed by atoms with Gasteiger partial charge in [-0.05, 0) is 35.9 Å². The third kappa shape index (κ3) is 3.72. The summed E-state index contributed by atoms with van der Waals surface area (Å²) in [5, 5.41) is 19.4. The second-order valence-corrected chi connectivity index (χ2v) is 4.45. The van der Waals surface area contributed by atoms with Crippen LogP contribution in [0.3, 0.4) is 0 Å². The number of rotatable bonds is 4. The minimum atomic E-state index is -0.733. The summed E-state index contributed by atoms with van der Waals surface area (Å²) >= 11 is 5.78. The Kier molecular flexibility index (Phi) is 4.40. The van der Waals surface area contributed by atoms with E-state index in [-0.39, 0.29) is 6.61 Å². The van der Waals surface area contributed by atoms with Crippen molar-refractivity contribution < 1.29 is 9.84 Å². The van der Waals surface area contributed by atoms with E-state index < -0.39 is 6.10 Å². The number of nitrogens with zero attached hydrogens (tertiary/aromatic N) is 1. The minimum absolute atomic E-state index is 0.122. The van der Waals surface area contributed by atoms with Crippen molar-refractivity contribution in [2.45, 2.75) is 6.10 Å². The standard InChI is InChI=1S/C15H12ClNO2/c16-13-6-4-12(5-7-13)15(18)10-19-14-3-1-2-11(8-14)9-17/h1-8,15,18H,10H2.